The number of hydrogen-bond acceptors (Lipinski definition) is 14. The summed E-state index contributed by atoms with van der Waals surface area (Å²) in [6.07, 6.45) is 0.849. The molecule has 0 radical (unpaired) electrons. The smallest absolute Gasteiger partial charge is 0.409 e. The highest BCUT2D eigenvalue weighted by molar-refractivity contribution is 5.79. The van der Waals surface area contributed by atoms with Crippen molar-refractivity contribution in [2.75, 3.05) is 159 Å². The lowest BCUT2D eigenvalue weighted by atomic mass is 9.98. The zero-order chi connectivity index (χ0) is 40.4. The zero-order valence-electron chi connectivity index (χ0n) is 34.0. The van der Waals surface area contributed by atoms with Crippen molar-refractivity contribution in [1.82, 2.24) is 4.90 Å². The van der Waals surface area contributed by atoms with E-state index in [4.69, 9.17) is 56.8 Å². The molecule has 0 aliphatic heterocycles. The number of rotatable bonds is 37. The molecule has 0 heterocycles. The van der Waals surface area contributed by atoms with Gasteiger partial charge in [-0.3, -0.25) is 4.79 Å². The molecule has 0 spiro atoms. The minimum atomic E-state index is -0.368. The Morgan fingerprint density at radius 3 is 1.18 bits per heavy atom. The fourth-order valence-corrected chi connectivity index (χ4v) is 5.57. The molecule has 1 aliphatic rings. The van der Waals surface area contributed by atoms with Crippen molar-refractivity contribution in [2.45, 2.75) is 25.7 Å². The van der Waals surface area contributed by atoms with Crippen LogP contribution in [0.15, 0.2) is 48.5 Å². The molecule has 0 aromatic heterocycles. The van der Waals surface area contributed by atoms with Gasteiger partial charge in [-0.05, 0) is 28.7 Å². The van der Waals surface area contributed by atoms with Gasteiger partial charge >= 0.3 is 12.1 Å². The predicted molar refractivity (Wildman–Crippen MR) is 212 cm³/mol. The number of esters is 1. The molecule has 0 unspecified atom stereocenters. The van der Waals surface area contributed by atoms with Crippen LogP contribution in [-0.2, 0) is 61.6 Å². The van der Waals surface area contributed by atoms with Gasteiger partial charge in [0.15, 0.2) is 0 Å². The Morgan fingerprint density at radius 2 is 0.807 bits per heavy atom. The van der Waals surface area contributed by atoms with Crippen LogP contribution in [0.1, 0.15) is 36.8 Å². The Hall–Kier alpha value is -3.22. The van der Waals surface area contributed by atoms with E-state index in [1.54, 1.807) is 7.05 Å². The summed E-state index contributed by atoms with van der Waals surface area (Å²) in [4.78, 5) is 25.4. The van der Waals surface area contributed by atoms with E-state index in [0.717, 1.165) is 6.42 Å². The third-order valence-corrected chi connectivity index (χ3v) is 8.51. The Morgan fingerprint density at radius 1 is 0.474 bits per heavy atom. The molecular weight excluding hydrogens is 742 g/mol. The minimum Gasteiger partial charge on any atom is -0.463 e. The first kappa shape index (κ1) is 48.2. The van der Waals surface area contributed by atoms with Crippen molar-refractivity contribution in [3.63, 3.8) is 0 Å². The molecule has 0 fully saturated rings. The Bertz CT molecular complexity index is 1270. The SMILES string of the molecule is CCCC(=O)OCCOCCOCCOCCOCCOCCOCCOCCOCCOCCOCCN(C)C(=O)OCC1c2ccccc2-c2ccccc21. The van der Waals surface area contributed by atoms with Gasteiger partial charge in [-0.15, -0.1) is 0 Å². The molecule has 3 rings (SSSR count). The van der Waals surface area contributed by atoms with Crippen LogP contribution >= 0.6 is 0 Å². The lowest BCUT2D eigenvalue weighted by Crippen LogP contribution is -2.32. The molecule has 15 nitrogen and oxygen atoms in total. The second-order valence-electron chi connectivity index (χ2n) is 12.8. The summed E-state index contributed by atoms with van der Waals surface area (Å²) in [5, 5.41) is 0. The summed E-state index contributed by atoms with van der Waals surface area (Å²) >= 11 is 0. The number of ether oxygens (including phenoxy) is 12. The number of fused-ring (bicyclic) bond motifs is 3. The average Bonchev–Trinajstić information content (AvgIpc) is 3.55. The lowest BCUT2D eigenvalue weighted by Gasteiger charge is -2.19. The molecule has 0 bridgehead atoms. The van der Waals surface area contributed by atoms with E-state index in [1.165, 1.54) is 27.2 Å². The molecule has 1 amide bonds. The molecule has 0 N–H and O–H groups in total. The maximum Gasteiger partial charge on any atom is 0.409 e. The second kappa shape index (κ2) is 32.7. The summed E-state index contributed by atoms with van der Waals surface area (Å²) in [6.45, 7) is 12.1. The van der Waals surface area contributed by atoms with Gasteiger partial charge in [-0.25, -0.2) is 4.79 Å². The Kier molecular flexibility index (Phi) is 27.6. The highest BCUT2D eigenvalue weighted by Gasteiger charge is 2.29. The summed E-state index contributed by atoms with van der Waals surface area (Å²) in [5.74, 6) is -0.157. The van der Waals surface area contributed by atoms with Crippen molar-refractivity contribution in [3.8, 4) is 11.1 Å². The second-order valence-corrected chi connectivity index (χ2v) is 12.8. The number of likely N-dealkylation sites (N-methyl/N-ethyl adjacent to an activating group) is 1. The van der Waals surface area contributed by atoms with E-state index in [2.05, 4.69) is 24.3 Å². The third kappa shape index (κ3) is 21.9. The Balaban J connectivity index is 0.960. The van der Waals surface area contributed by atoms with E-state index in [1.807, 2.05) is 31.2 Å². The molecule has 1 aliphatic carbocycles. The molecule has 2 aromatic carbocycles. The summed E-state index contributed by atoms with van der Waals surface area (Å²) in [6, 6.07) is 16.6. The monoisotopic (exact) mass is 807 g/mol. The molecule has 0 saturated carbocycles. The normalized spacial score (nSPS) is 12.1. The largest absolute Gasteiger partial charge is 0.463 e. The van der Waals surface area contributed by atoms with Crippen molar-refractivity contribution in [3.05, 3.63) is 59.7 Å². The van der Waals surface area contributed by atoms with Gasteiger partial charge in [0.2, 0.25) is 0 Å². The lowest BCUT2D eigenvalue weighted by molar-refractivity contribution is -0.145. The summed E-state index contributed by atoms with van der Waals surface area (Å²) in [5.41, 5.74) is 4.79. The van der Waals surface area contributed by atoms with Crippen molar-refractivity contribution < 1.29 is 66.4 Å². The van der Waals surface area contributed by atoms with Gasteiger partial charge in [0.25, 0.3) is 0 Å². The van der Waals surface area contributed by atoms with Crippen LogP contribution in [0.25, 0.3) is 11.1 Å². The van der Waals surface area contributed by atoms with E-state index < -0.39 is 0 Å². The van der Waals surface area contributed by atoms with Gasteiger partial charge in [-0.1, -0.05) is 55.5 Å². The van der Waals surface area contributed by atoms with Gasteiger partial charge in [0.1, 0.15) is 13.2 Å². The Labute approximate surface area is 338 Å². The zero-order valence-corrected chi connectivity index (χ0v) is 34.0. The van der Waals surface area contributed by atoms with Gasteiger partial charge in [-0.2, -0.15) is 0 Å². The number of amides is 1. The topological polar surface area (TPSA) is 148 Å². The molecule has 0 saturated heterocycles. The van der Waals surface area contributed by atoms with E-state index in [0.29, 0.717) is 152 Å². The minimum absolute atomic E-state index is 0.0351. The average molecular weight is 808 g/mol. The molecule has 2 aromatic rings. The molecule has 0 atom stereocenters. The number of nitrogens with zero attached hydrogens (tertiary/aromatic N) is 1. The maximum atomic E-state index is 12.6. The molecule has 57 heavy (non-hydrogen) atoms. The van der Waals surface area contributed by atoms with Crippen LogP contribution in [0.4, 0.5) is 4.79 Å². The summed E-state index contributed by atoms with van der Waals surface area (Å²) < 4.78 is 65.6. The number of carbonyl (C=O) groups is 2. The fourth-order valence-electron chi connectivity index (χ4n) is 5.57. The maximum absolute atomic E-state index is 12.6. The van der Waals surface area contributed by atoms with Gasteiger partial charge < -0.3 is 61.7 Å². The van der Waals surface area contributed by atoms with E-state index >= 15 is 0 Å². The predicted octanol–water partition coefficient (Wildman–Crippen LogP) is 4.38. The first-order valence-electron chi connectivity index (χ1n) is 20.1. The first-order valence-corrected chi connectivity index (χ1v) is 20.1. The van der Waals surface area contributed by atoms with E-state index in [9.17, 15) is 9.59 Å². The molecule has 15 heteroatoms. The number of carbonyl (C=O) groups excluding carboxylic acids is 2. The van der Waals surface area contributed by atoms with Crippen LogP contribution in [0.3, 0.4) is 0 Å². The van der Waals surface area contributed by atoms with Crippen molar-refractivity contribution >= 4 is 12.1 Å². The number of hydrogen-bond donors (Lipinski definition) is 0. The third-order valence-electron chi connectivity index (χ3n) is 8.51. The van der Waals surface area contributed by atoms with Gasteiger partial charge in [0, 0.05) is 25.9 Å². The molecule has 322 valence electrons. The van der Waals surface area contributed by atoms with Crippen molar-refractivity contribution in [2.24, 2.45) is 0 Å². The summed E-state index contributed by atoms with van der Waals surface area (Å²) in [7, 11) is 1.71. The fraction of sp³-hybridized carbons (Fsp3) is 0.667. The van der Waals surface area contributed by atoms with Gasteiger partial charge in [0.05, 0.1) is 132 Å². The quantitative estimate of drug-likeness (QED) is 0.0703. The van der Waals surface area contributed by atoms with Crippen LogP contribution in [0.5, 0.6) is 0 Å². The van der Waals surface area contributed by atoms with Crippen LogP contribution in [0, 0.1) is 0 Å². The van der Waals surface area contributed by atoms with Crippen LogP contribution in [-0.4, -0.2) is 176 Å². The van der Waals surface area contributed by atoms with Crippen LogP contribution < -0.4 is 0 Å². The highest BCUT2D eigenvalue weighted by atomic mass is 16.6. The van der Waals surface area contributed by atoms with Crippen LogP contribution in [0.2, 0.25) is 0 Å². The highest BCUT2D eigenvalue weighted by Crippen LogP contribution is 2.44. The standard InChI is InChI=1S/C42H65NO14/c1-3-8-41(44)56-34-33-55-32-31-54-30-29-53-28-27-52-26-25-51-24-23-50-22-21-49-20-19-48-18-17-47-16-15-46-14-13-43(2)42(45)57-35-40-38-11-6-4-9-36(38)37-10-5-7-12-39(37)40/h4-7,9-12,40H,3,8,13-35H2,1-2H3. The molecular formula is C42H65NO14. The number of benzene rings is 2. The first-order chi connectivity index (χ1) is 28.1. The van der Waals surface area contributed by atoms with E-state index in [-0.39, 0.29) is 24.6 Å². The van der Waals surface area contributed by atoms with Crippen molar-refractivity contribution in [1.29, 1.82) is 0 Å².